The Labute approximate surface area is 92.6 Å². The summed E-state index contributed by atoms with van der Waals surface area (Å²) in [6.07, 6.45) is 1.62. The van der Waals surface area contributed by atoms with Crippen molar-refractivity contribution in [2.24, 2.45) is 5.73 Å². The monoisotopic (exact) mass is 222 g/mol. The molecular weight excluding hydrogens is 216 g/mol. The van der Waals surface area contributed by atoms with Gasteiger partial charge in [0.25, 0.3) is 0 Å². The van der Waals surface area contributed by atoms with Crippen molar-refractivity contribution in [1.82, 2.24) is 0 Å². The van der Waals surface area contributed by atoms with E-state index in [0.717, 1.165) is 5.56 Å². The fourth-order valence-corrected chi connectivity index (χ4v) is 1.11. The van der Waals surface area contributed by atoms with Crippen LogP contribution in [0.1, 0.15) is 5.56 Å². The molecule has 0 heterocycles. The Morgan fingerprint density at radius 3 is 2.43 bits per heavy atom. The van der Waals surface area contributed by atoms with Gasteiger partial charge in [0.2, 0.25) is 0 Å². The number of halogens is 1. The van der Waals surface area contributed by atoms with Gasteiger partial charge in [-0.2, -0.15) is 5.26 Å². The number of hydrogen-bond acceptors (Lipinski definition) is 2. The molecule has 1 aromatic carbocycles. The number of rotatable bonds is 2. The van der Waals surface area contributed by atoms with Gasteiger partial charge < -0.3 is 5.73 Å². The molecule has 0 spiro atoms. The highest BCUT2D eigenvalue weighted by Crippen LogP contribution is 2.12. The normalized spacial score (nSPS) is 10.7. The van der Waals surface area contributed by atoms with E-state index in [-0.39, 0.29) is 4.99 Å². The maximum Gasteiger partial charge on any atom is 0.114 e. The molecule has 0 amide bonds. The van der Waals surface area contributed by atoms with Crippen LogP contribution in [0.2, 0.25) is 5.02 Å². The van der Waals surface area contributed by atoms with Crippen LogP contribution >= 0.6 is 23.8 Å². The van der Waals surface area contributed by atoms with Crippen molar-refractivity contribution in [2.45, 2.75) is 0 Å². The average Bonchev–Trinajstić information content (AvgIpc) is 2.16. The Bertz CT molecular complexity index is 415. The summed E-state index contributed by atoms with van der Waals surface area (Å²) in [6.45, 7) is 0. The Balaban J connectivity index is 3.03. The first-order chi connectivity index (χ1) is 6.63. The van der Waals surface area contributed by atoms with Crippen LogP contribution in [0.15, 0.2) is 29.8 Å². The molecule has 0 bridgehead atoms. The zero-order valence-electron chi connectivity index (χ0n) is 7.20. The molecule has 0 saturated heterocycles. The molecule has 4 heteroatoms. The SMILES string of the molecule is N#C/C(=C/c1ccc(Cl)cc1)C(N)=S. The average molecular weight is 223 g/mol. The van der Waals surface area contributed by atoms with Gasteiger partial charge in [0.1, 0.15) is 11.1 Å². The third kappa shape index (κ3) is 2.84. The summed E-state index contributed by atoms with van der Waals surface area (Å²) in [5.41, 5.74) is 6.48. The van der Waals surface area contributed by atoms with E-state index in [0.29, 0.717) is 10.6 Å². The van der Waals surface area contributed by atoms with Gasteiger partial charge in [-0.15, -0.1) is 0 Å². The van der Waals surface area contributed by atoms with Crippen LogP contribution in [-0.2, 0) is 0 Å². The molecule has 1 aromatic rings. The van der Waals surface area contributed by atoms with E-state index in [4.69, 9.17) is 34.8 Å². The standard InChI is InChI=1S/C10H7ClN2S/c11-9-3-1-7(2-4-9)5-8(6-12)10(13)14/h1-5H,(H2,13,14)/b8-5-. The van der Waals surface area contributed by atoms with Crippen LogP contribution < -0.4 is 5.73 Å². The quantitative estimate of drug-likeness (QED) is 0.475. The van der Waals surface area contributed by atoms with Gasteiger partial charge in [-0.25, -0.2) is 0 Å². The molecule has 0 aliphatic heterocycles. The van der Waals surface area contributed by atoms with Crippen LogP contribution in [0, 0.1) is 11.3 Å². The van der Waals surface area contributed by atoms with Crippen LogP contribution in [0.5, 0.6) is 0 Å². The topological polar surface area (TPSA) is 49.8 Å². The maximum atomic E-state index is 8.70. The van der Waals surface area contributed by atoms with Crippen molar-refractivity contribution in [3.05, 3.63) is 40.4 Å². The number of hydrogen-bond donors (Lipinski definition) is 1. The molecule has 0 aromatic heterocycles. The van der Waals surface area contributed by atoms with Gasteiger partial charge >= 0.3 is 0 Å². The summed E-state index contributed by atoms with van der Waals surface area (Å²) in [6, 6.07) is 8.98. The van der Waals surface area contributed by atoms with Gasteiger partial charge in [0.15, 0.2) is 0 Å². The van der Waals surface area contributed by atoms with Crippen LogP contribution in [0.3, 0.4) is 0 Å². The summed E-state index contributed by atoms with van der Waals surface area (Å²) < 4.78 is 0. The van der Waals surface area contributed by atoms with Crippen molar-refractivity contribution in [2.75, 3.05) is 0 Å². The minimum atomic E-state index is 0.0995. The second-order valence-electron chi connectivity index (χ2n) is 2.59. The Morgan fingerprint density at radius 1 is 1.43 bits per heavy atom. The predicted molar refractivity (Wildman–Crippen MR) is 61.8 cm³/mol. The molecule has 0 unspecified atom stereocenters. The van der Waals surface area contributed by atoms with Gasteiger partial charge in [0, 0.05) is 5.02 Å². The third-order valence-electron chi connectivity index (χ3n) is 1.57. The zero-order chi connectivity index (χ0) is 10.6. The molecule has 0 atom stereocenters. The lowest BCUT2D eigenvalue weighted by Crippen LogP contribution is -2.09. The highest BCUT2D eigenvalue weighted by atomic mass is 35.5. The molecular formula is C10H7ClN2S. The van der Waals surface area contributed by atoms with Gasteiger partial charge in [-0.3, -0.25) is 0 Å². The number of nitrogens with two attached hydrogens (primary N) is 1. The first kappa shape index (κ1) is 10.7. The molecule has 0 aliphatic carbocycles. The van der Waals surface area contributed by atoms with Crippen molar-refractivity contribution < 1.29 is 0 Å². The molecule has 2 N–H and O–H groups in total. The van der Waals surface area contributed by atoms with Crippen molar-refractivity contribution in [1.29, 1.82) is 5.26 Å². The smallest absolute Gasteiger partial charge is 0.114 e. The van der Waals surface area contributed by atoms with Crippen LogP contribution in [0.25, 0.3) is 6.08 Å². The van der Waals surface area contributed by atoms with E-state index in [2.05, 4.69) is 0 Å². The van der Waals surface area contributed by atoms with E-state index in [9.17, 15) is 0 Å². The van der Waals surface area contributed by atoms with Crippen LogP contribution in [-0.4, -0.2) is 4.99 Å². The second-order valence-corrected chi connectivity index (χ2v) is 3.46. The minimum Gasteiger partial charge on any atom is -0.389 e. The number of thiocarbonyl (C=S) groups is 1. The van der Waals surface area contributed by atoms with Gasteiger partial charge in [-0.1, -0.05) is 36.0 Å². The molecule has 14 heavy (non-hydrogen) atoms. The summed E-state index contributed by atoms with van der Waals surface area (Å²) in [4.78, 5) is 0.0995. The molecule has 70 valence electrons. The summed E-state index contributed by atoms with van der Waals surface area (Å²) >= 11 is 10.4. The first-order valence-corrected chi connectivity index (χ1v) is 4.59. The van der Waals surface area contributed by atoms with Gasteiger partial charge in [-0.05, 0) is 23.8 Å². The Hall–Kier alpha value is -1.37. The molecule has 0 radical (unpaired) electrons. The second kappa shape index (κ2) is 4.75. The zero-order valence-corrected chi connectivity index (χ0v) is 8.77. The first-order valence-electron chi connectivity index (χ1n) is 3.80. The van der Waals surface area contributed by atoms with Crippen LogP contribution in [0.4, 0.5) is 0 Å². The molecule has 2 nitrogen and oxygen atoms in total. The van der Waals surface area contributed by atoms with E-state index in [1.165, 1.54) is 0 Å². The minimum absolute atomic E-state index is 0.0995. The Kier molecular flexibility index (Phi) is 3.63. The van der Waals surface area contributed by atoms with Crippen molar-refractivity contribution in [3.63, 3.8) is 0 Å². The predicted octanol–water partition coefficient (Wildman–Crippen LogP) is 2.53. The lowest BCUT2D eigenvalue weighted by Gasteiger charge is -1.96. The number of nitrogens with zero attached hydrogens (tertiary/aromatic N) is 1. The largest absolute Gasteiger partial charge is 0.389 e. The molecule has 0 fully saturated rings. The highest BCUT2D eigenvalue weighted by molar-refractivity contribution is 7.80. The number of benzene rings is 1. The third-order valence-corrected chi connectivity index (χ3v) is 2.04. The van der Waals surface area contributed by atoms with E-state index in [1.807, 2.05) is 6.07 Å². The van der Waals surface area contributed by atoms with Crippen molar-refractivity contribution >= 4 is 34.9 Å². The van der Waals surface area contributed by atoms with Crippen molar-refractivity contribution in [3.8, 4) is 6.07 Å². The highest BCUT2D eigenvalue weighted by Gasteiger charge is 1.98. The number of nitriles is 1. The molecule has 0 saturated carbocycles. The summed E-state index contributed by atoms with van der Waals surface area (Å²) in [7, 11) is 0. The molecule has 1 rings (SSSR count). The summed E-state index contributed by atoms with van der Waals surface area (Å²) in [5.74, 6) is 0. The lowest BCUT2D eigenvalue weighted by atomic mass is 10.1. The van der Waals surface area contributed by atoms with E-state index in [1.54, 1.807) is 30.3 Å². The van der Waals surface area contributed by atoms with E-state index < -0.39 is 0 Å². The Morgan fingerprint density at radius 2 is 2.00 bits per heavy atom. The van der Waals surface area contributed by atoms with Gasteiger partial charge in [0.05, 0.1) is 5.57 Å². The lowest BCUT2D eigenvalue weighted by molar-refractivity contribution is 1.51. The van der Waals surface area contributed by atoms with E-state index >= 15 is 0 Å². The summed E-state index contributed by atoms with van der Waals surface area (Å²) in [5, 5.41) is 9.35. The maximum absolute atomic E-state index is 8.70. The fourth-order valence-electron chi connectivity index (χ4n) is 0.884. The molecule has 0 aliphatic rings. The fraction of sp³-hybridized carbons (Fsp3) is 0.